The molecule has 1 aliphatic carbocycles. The van der Waals surface area contributed by atoms with E-state index in [-0.39, 0.29) is 5.91 Å². The molecule has 0 unspecified atom stereocenters. The summed E-state index contributed by atoms with van der Waals surface area (Å²) in [5, 5.41) is 3.01. The average molecular weight is 387 g/mol. The first-order valence-electron chi connectivity index (χ1n) is 9.77. The summed E-state index contributed by atoms with van der Waals surface area (Å²) < 4.78 is 6.03. The number of amides is 1. The zero-order valence-electron chi connectivity index (χ0n) is 17.0. The third-order valence-corrected chi connectivity index (χ3v) is 5.81. The number of nitrogens with zero attached hydrogens (tertiary/aromatic N) is 2. The minimum absolute atomic E-state index is 0.254. The molecule has 0 aliphatic heterocycles. The SMILES string of the molecule is Cc1cc(C)c(C)c(OCc2nc(CN(C(=O)CC(C)C)C3CC3)cs2)c1. The van der Waals surface area contributed by atoms with Crippen molar-refractivity contribution in [2.24, 2.45) is 5.92 Å². The van der Waals surface area contributed by atoms with Crippen molar-refractivity contribution in [1.82, 2.24) is 9.88 Å². The molecule has 1 fully saturated rings. The van der Waals surface area contributed by atoms with E-state index in [9.17, 15) is 4.79 Å². The molecule has 0 bridgehead atoms. The number of hydrogen-bond acceptors (Lipinski definition) is 4. The van der Waals surface area contributed by atoms with Gasteiger partial charge in [-0.25, -0.2) is 4.98 Å². The van der Waals surface area contributed by atoms with E-state index in [0.717, 1.165) is 29.3 Å². The van der Waals surface area contributed by atoms with Gasteiger partial charge in [0, 0.05) is 17.8 Å². The Morgan fingerprint density at radius 2 is 2.04 bits per heavy atom. The van der Waals surface area contributed by atoms with Crippen molar-refractivity contribution in [3.05, 3.63) is 44.9 Å². The molecule has 146 valence electrons. The highest BCUT2D eigenvalue weighted by molar-refractivity contribution is 7.09. The van der Waals surface area contributed by atoms with E-state index in [1.54, 1.807) is 11.3 Å². The monoisotopic (exact) mass is 386 g/mol. The van der Waals surface area contributed by atoms with E-state index >= 15 is 0 Å². The Hall–Kier alpha value is -1.88. The van der Waals surface area contributed by atoms with Gasteiger partial charge in [-0.1, -0.05) is 19.9 Å². The molecule has 0 N–H and O–H groups in total. The molecule has 4 nitrogen and oxygen atoms in total. The smallest absolute Gasteiger partial charge is 0.223 e. The maximum atomic E-state index is 12.5. The molecule has 27 heavy (non-hydrogen) atoms. The Morgan fingerprint density at radius 1 is 1.30 bits per heavy atom. The minimum atomic E-state index is 0.254. The maximum absolute atomic E-state index is 12.5. The van der Waals surface area contributed by atoms with Crippen molar-refractivity contribution in [1.29, 1.82) is 0 Å². The molecule has 0 atom stereocenters. The van der Waals surface area contributed by atoms with Crippen molar-refractivity contribution in [3.63, 3.8) is 0 Å². The van der Waals surface area contributed by atoms with Gasteiger partial charge in [0.05, 0.1) is 12.2 Å². The quantitative estimate of drug-likeness (QED) is 0.627. The number of aromatic nitrogens is 1. The lowest BCUT2D eigenvalue weighted by Gasteiger charge is -2.22. The van der Waals surface area contributed by atoms with Crippen LogP contribution in [0.3, 0.4) is 0 Å². The summed E-state index contributed by atoms with van der Waals surface area (Å²) in [6.45, 7) is 11.6. The van der Waals surface area contributed by atoms with E-state index in [1.807, 2.05) is 4.90 Å². The van der Waals surface area contributed by atoms with Gasteiger partial charge in [-0.15, -0.1) is 11.3 Å². The molecule has 1 aliphatic rings. The average Bonchev–Trinajstić information content (AvgIpc) is 3.33. The number of carbonyl (C=O) groups is 1. The molecule has 0 radical (unpaired) electrons. The molecule has 0 spiro atoms. The van der Waals surface area contributed by atoms with Crippen LogP contribution < -0.4 is 4.74 Å². The summed E-state index contributed by atoms with van der Waals surface area (Å²) in [6.07, 6.45) is 2.86. The van der Waals surface area contributed by atoms with Crippen molar-refractivity contribution in [2.75, 3.05) is 0 Å². The van der Waals surface area contributed by atoms with Crippen LogP contribution in [0, 0.1) is 26.7 Å². The van der Waals surface area contributed by atoms with E-state index < -0.39 is 0 Å². The zero-order valence-corrected chi connectivity index (χ0v) is 17.9. The second-order valence-corrected chi connectivity index (χ2v) is 9.02. The first-order chi connectivity index (χ1) is 12.8. The molecule has 5 heteroatoms. The third-order valence-electron chi connectivity index (χ3n) is 4.94. The molecule has 1 aromatic carbocycles. The first-order valence-corrected chi connectivity index (χ1v) is 10.6. The molecule has 3 rings (SSSR count). The Morgan fingerprint density at radius 3 is 2.70 bits per heavy atom. The molecular formula is C22H30N2O2S. The van der Waals surface area contributed by atoms with Gasteiger partial charge in [0.15, 0.2) is 0 Å². The van der Waals surface area contributed by atoms with Crippen molar-refractivity contribution >= 4 is 17.2 Å². The topological polar surface area (TPSA) is 42.4 Å². The summed E-state index contributed by atoms with van der Waals surface area (Å²) in [5.74, 6) is 1.57. The van der Waals surface area contributed by atoms with E-state index in [1.165, 1.54) is 16.7 Å². The number of hydrogen-bond donors (Lipinski definition) is 0. The number of benzene rings is 1. The third kappa shape index (κ3) is 5.32. The van der Waals surface area contributed by atoms with Crippen LogP contribution in [0.5, 0.6) is 5.75 Å². The number of rotatable bonds is 8. The number of carbonyl (C=O) groups excluding carboxylic acids is 1. The largest absolute Gasteiger partial charge is 0.486 e. The fourth-order valence-electron chi connectivity index (χ4n) is 3.23. The van der Waals surface area contributed by atoms with Crippen LogP contribution in [0.15, 0.2) is 17.5 Å². The van der Waals surface area contributed by atoms with Gasteiger partial charge < -0.3 is 9.64 Å². The molecule has 1 aromatic heterocycles. The van der Waals surface area contributed by atoms with E-state index in [4.69, 9.17) is 9.72 Å². The lowest BCUT2D eigenvalue weighted by atomic mass is 10.1. The minimum Gasteiger partial charge on any atom is -0.486 e. The van der Waals surface area contributed by atoms with Crippen LogP contribution in [0.25, 0.3) is 0 Å². The number of aryl methyl sites for hydroxylation is 2. The number of thiazole rings is 1. The fraction of sp³-hybridized carbons (Fsp3) is 0.545. The standard InChI is InChI=1S/C22H30N2O2S/c1-14(2)8-22(25)24(19-6-7-19)11-18-13-27-21(23-18)12-26-20-10-15(3)9-16(4)17(20)5/h9-10,13-14,19H,6-8,11-12H2,1-5H3. The Labute approximate surface area is 166 Å². The summed E-state index contributed by atoms with van der Waals surface area (Å²) in [4.78, 5) is 19.3. The van der Waals surface area contributed by atoms with Gasteiger partial charge in [0.1, 0.15) is 17.4 Å². The van der Waals surface area contributed by atoms with Crippen molar-refractivity contribution in [3.8, 4) is 5.75 Å². The lowest BCUT2D eigenvalue weighted by Crippen LogP contribution is -2.33. The fourth-order valence-corrected chi connectivity index (χ4v) is 3.92. The molecule has 1 saturated carbocycles. The van der Waals surface area contributed by atoms with Gasteiger partial charge >= 0.3 is 0 Å². The number of ether oxygens (including phenoxy) is 1. The highest BCUT2D eigenvalue weighted by Crippen LogP contribution is 2.30. The summed E-state index contributed by atoms with van der Waals surface area (Å²) in [7, 11) is 0. The van der Waals surface area contributed by atoms with Crippen molar-refractivity contribution in [2.45, 2.75) is 73.1 Å². The Balaban J connectivity index is 1.62. The Bertz CT molecular complexity index is 809. The van der Waals surface area contributed by atoms with Gasteiger partial charge in [0.2, 0.25) is 5.91 Å². The van der Waals surface area contributed by atoms with E-state index in [2.05, 4.69) is 52.1 Å². The predicted molar refractivity (Wildman–Crippen MR) is 110 cm³/mol. The Kier molecular flexibility index (Phi) is 6.20. The van der Waals surface area contributed by atoms with Gasteiger partial charge in [-0.2, -0.15) is 0 Å². The van der Waals surface area contributed by atoms with Crippen molar-refractivity contribution < 1.29 is 9.53 Å². The van der Waals surface area contributed by atoms with Gasteiger partial charge in [0.25, 0.3) is 0 Å². The molecule has 0 saturated heterocycles. The molecule has 1 heterocycles. The van der Waals surface area contributed by atoms with Crippen LogP contribution in [0.4, 0.5) is 0 Å². The highest BCUT2D eigenvalue weighted by atomic mass is 32.1. The predicted octanol–water partition coefficient (Wildman–Crippen LogP) is 5.18. The molecule has 2 aromatic rings. The second kappa shape index (κ2) is 8.42. The summed E-state index contributed by atoms with van der Waals surface area (Å²) in [5.41, 5.74) is 4.60. The molecular weight excluding hydrogens is 356 g/mol. The van der Waals surface area contributed by atoms with Crippen LogP contribution in [-0.4, -0.2) is 21.8 Å². The lowest BCUT2D eigenvalue weighted by molar-refractivity contribution is -0.133. The highest BCUT2D eigenvalue weighted by Gasteiger charge is 2.33. The second-order valence-electron chi connectivity index (χ2n) is 8.08. The van der Waals surface area contributed by atoms with Gasteiger partial charge in [-0.3, -0.25) is 4.79 Å². The maximum Gasteiger partial charge on any atom is 0.223 e. The van der Waals surface area contributed by atoms with Crippen LogP contribution in [-0.2, 0) is 17.9 Å². The van der Waals surface area contributed by atoms with Crippen LogP contribution in [0.1, 0.15) is 60.5 Å². The van der Waals surface area contributed by atoms with Crippen LogP contribution in [0.2, 0.25) is 0 Å². The molecule has 1 amide bonds. The van der Waals surface area contributed by atoms with Gasteiger partial charge in [-0.05, 0) is 62.3 Å². The zero-order chi connectivity index (χ0) is 19.6. The first kappa shape index (κ1) is 19.9. The summed E-state index contributed by atoms with van der Waals surface area (Å²) in [6, 6.07) is 4.66. The van der Waals surface area contributed by atoms with Crippen LogP contribution >= 0.6 is 11.3 Å². The normalized spacial score (nSPS) is 13.9. The summed E-state index contributed by atoms with van der Waals surface area (Å²) >= 11 is 1.61. The van der Waals surface area contributed by atoms with E-state index in [0.29, 0.717) is 31.5 Å².